The van der Waals surface area contributed by atoms with Crippen LogP contribution in [-0.4, -0.2) is 38.1 Å². The van der Waals surface area contributed by atoms with Gasteiger partial charge in [0.1, 0.15) is 13.2 Å². The van der Waals surface area contributed by atoms with Crippen LogP contribution < -0.4 is 0 Å². The molecule has 6 aromatic rings. The fraction of sp³-hybridized carbons (Fsp3) is 0.174. The fourth-order valence-corrected chi connectivity index (χ4v) is 7.60. The molecule has 6 aliphatic rings. The molecule has 244 valence electrons. The van der Waals surface area contributed by atoms with Crippen molar-refractivity contribution < 1.29 is 9.47 Å². The molecule has 0 saturated carbocycles. The van der Waals surface area contributed by atoms with Crippen molar-refractivity contribution in [2.45, 2.75) is 25.7 Å². The summed E-state index contributed by atoms with van der Waals surface area (Å²) in [6, 6.07) is 48.9. The van der Waals surface area contributed by atoms with E-state index in [1.165, 1.54) is 55.6 Å². The molecular formula is C46H38N2O2. The molecule has 12 rings (SSSR count). The Labute approximate surface area is 293 Å². The monoisotopic (exact) mass is 650 g/mol. The van der Waals surface area contributed by atoms with Gasteiger partial charge < -0.3 is 9.47 Å². The Balaban J connectivity index is 1.08. The largest absolute Gasteiger partial charge is 0.475 e. The van der Waals surface area contributed by atoms with Gasteiger partial charge in [-0.05, 0) is 105 Å². The van der Waals surface area contributed by atoms with E-state index in [0.717, 1.165) is 59.7 Å². The maximum Gasteiger partial charge on any atom is 0.216 e. The van der Waals surface area contributed by atoms with Crippen LogP contribution in [0.2, 0.25) is 0 Å². The van der Waals surface area contributed by atoms with Gasteiger partial charge in [-0.2, -0.15) is 0 Å². The Morgan fingerprint density at radius 1 is 0.360 bits per heavy atom. The molecule has 0 unspecified atom stereocenters. The number of hydrogen-bond acceptors (Lipinski definition) is 4. The van der Waals surface area contributed by atoms with Crippen molar-refractivity contribution >= 4 is 11.8 Å². The van der Waals surface area contributed by atoms with E-state index < -0.39 is 0 Å². The van der Waals surface area contributed by atoms with Crippen LogP contribution in [0.3, 0.4) is 0 Å². The first kappa shape index (κ1) is 30.3. The van der Waals surface area contributed by atoms with E-state index in [-0.39, 0.29) is 0 Å². The number of aliphatic imine (C=N–C) groups is 2. The number of rotatable bonds is 6. The lowest BCUT2D eigenvalue weighted by Crippen LogP contribution is -2.06. The highest BCUT2D eigenvalue weighted by atomic mass is 16.5. The summed E-state index contributed by atoms with van der Waals surface area (Å²) in [5.74, 6) is 1.49. The molecule has 4 aliphatic carbocycles. The van der Waals surface area contributed by atoms with Gasteiger partial charge in [-0.3, -0.25) is 0 Å². The molecule has 0 spiro atoms. The fourth-order valence-electron chi connectivity index (χ4n) is 7.60. The minimum absolute atomic E-state index is 0.635. The molecule has 2 heterocycles. The lowest BCUT2D eigenvalue weighted by Gasteiger charge is -2.19. The van der Waals surface area contributed by atoms with Gasteiger partial charge in [0.2, 0.25) is 11.8 Å². The summed E-state index contributed by atoms with van der Waals surface area (Å²) >= 11 is 0. The highest BCUT2D eigenvalue weighted by Gasteiger charge is 2.21. The highest BCUT2D eigenvalue weighted by molar-refractivity contribution is 6.03. The lowest BCUT2D eigenvalue weighted by atomic mass is 9.86. The number of nitrogens with zero attached hydrogens (tertiary/aromatic N) is 2. The van der Waals surface area contributed by atoms with Gasteiger partial charge in [-0.25, -0.2) is 9.98 Å². The molecule has 0 radical (unpaired) electrons. The van der Waals surface area contributed by atoms with Crippen molar-refractivity contribution in [1.29, 1.82) is 0 Å². The van der Waals surface area contributed by atoms with Crippen LogP contribution in [-0.2, 0) is 35.2 Å². The zero-order valence-electron chi connectivity index (χ0n) is 28.1. The van der Waals surface area contributed by atoms with Gasteiger partial charge >= 0.3 is 0 Å². The van der Waals surface area contributed by atoms with Crippen molar-refractivity contribution in [3.63, 3.8) is 0 Å². The van der Waals surface area contributed by atoms with Crippen molar-refractivity contribution in [3.8, 4) is 44.5 Å². The summed E-state index contributed by atoms with van der Waals surface area (Å²) in [4.78, 5) is 9.46. The maximum atomic E-state index is 6.03. The smallest absolute Gasteiger partial charge is 0.216 e. The average molecular weight is 651 g/mol. The zero-order valence-corrected chi connectivity index (χ0v) is 28.1. The summed E-state index contributed by atoms with van der Waals surface area (Å²) in [5.41, 5.74) is 17.2. The summed E-state index contributed by atoms with van der Waals surface area (Å²) < 4.78 is 12.1. The maximum absolute atomic E-state index is 6.03. The van der Waals surface area contributed by atoms with Crippen LogP contribution in [0.25, 0.3) is 44.5 Å². The molecule has 6 aromatic carbocycles. The van der Waals surface area contributed by atoms with E-state index in [0.29, 0.717) is 26.3 Å². The van der Waals surface area contributed by atoms with Gasteiger partial charge in [0.05, 0.1) is 13.1 Å². The number of benzene rings is 6. The summed E-state index contributed by atoms with van der Waals surface area (Å²) in [6.45, 7) is 2.68. The minimum atomic E-state index is 0.635. The van der Waals surface area contributed by atoms with Gasteiger partial charge in [0, 0.05) is 11.1 Å². The van der Waals surface area contributed by atoms with Crippen molar-refractivity contribution in [2.75, 3.05) is 26.3 Å². The second kappa shape index (κ2) is 13.3. The Kier molecular flexibility index (Phi) is 8.06. The van der Waals surface area contributed by atoms with E-state index in [2.05, 4.69) is 133 Å². The molecule has 50 heavy (non-hydrogen) atoms. The van der Waals surface area contributed by atoms with Crippen molar-refractivity contribution in [1.82, 2.24) is 0 Å². The van der Waals surface area contributed by atoms with Crippen molar-refractivity contribution in [2.24, 2.45) is 9.98 Å². The Morgan fingerprint density at radius 2 is 0.820 bits per heavy atom. The molecule has 4 nitrogen and oxygen atoms in total. The first-order chi connectivity index (χ1) is 24.8. The van der Waals surface area contributed by atoms with Gasteiger partial charge in [-0.1, -0.05) is 121 Å². The normalized spacial score (nSPS) is 15.1. The van der Waals surface area contributed by atoms with Crippen LogP contribution >= 0.6 is 0 Å². The number of aryl methyl sites for hydroxylation is 4. The molecule has 0 saturated heterocycles. The van der Waals surface area contributed by atoms with Crippen LogP contribution in [0.1, 0.15) is 33.4 Å². The second-order valence-corrected chi connectivity index (χ2v) is 13.3. The summed E-state index contributed by atoms with van der Waals surface area (Å²) in [5, 5.41) is 0. The lowest BCUT2D eigenvalue weighted by molar-refractivity contribution is 0.348. The molecule has 0 atom stereocenters. The Morgan fingerprint density at radius 3 is 1.24 bits per heavy atom. The van der Waals surface area contributed by atoms with E-state index in [1.807, 2.05) is 0 Å². The quantitative estimate of drug-likeness (QED) is 0.180. The zero-order chi connectivity index (χ0) is 33.3. The van der Waals surface area contributed by atoms with E-state index in [1.54, 1.807) is 0 Å². The predicted octanol–water partition coefficient (Wildman–Crippen LogP) is 9.79. The molecule has 0 N–H and O–H groups in total. The SMILES string of the molecule is c1ccc(-c2ccc(-c3cc4ccc3CCc3ccc(c(-c5ccc(-c6ccccc6)c(C6=NCCO6)c5)c3)CC4)cc2C2=NCCO2)cc1. The van der Waals surface area contributed by atoms with Gasteiger partial charge in [-0.15, -0.1) is 0 Å². The van der Waals surface area contributed by atoms with E-state index in [9.17, 15) is 0 Å². The highest BCUT2D eigenvalue weighted by Crippen LogP contribution is 2.36. The molecule has 0 amide bonds. The van der Waals surface area contributed by atoms with Crippen LogP contribution in [0, 0.1) is 0 Å². The second-order valence-electron chi connectivity index (χ2n) is 13.3. The van der Waals surface area contributed by atoms with Gasteiger partial charge in [0.15, 0.2) is 0 Å². The van der Waals surface area contributed by atoms with Crippen molar-refractivity contribution in [3.05, 3.63) is 167 Å². The predicted molar refractivity (Wildman–Crippen MR) is 204 cm³/mol. The van der Waals surface area contributed by atoms with E-state index in [4.69, 9.17) is 19.5 Å². The summed E-state index contributed by atoms with van der Waals surface area (Å²) in [6.07, 6.45) is 3.80. The number of hydrogen-bond donors (Lipinski definition) is 0. The molecule has 4 heteroatoms. The minimum Gasteiger partial charge on any atom is -0.475 e. The third-order valence-corrected chi connectivity index (χ3v) is 10.2. The Bertz CT molecular complexity index is 2110. The van der Waals surface area contributed by atoms with E-state index >= 15 is 0 Å². The first-order valence-corrected chi connectivity index (χ1v) is 17.8. The third kappa shape index (κ3) is 5.92. The molecule has 0 aromatic heterocycles. The molecular weight excluding hydrogens is 613 g/mol. The topological polar surface area (TPSA) is 43.2 Å². The number of ether oxygens (including phenoxy) is 2. The van der Waals surface area contributed by atoms with Gasteiger partial charge in [0.25, 0.3) is 0 Å². The van der Waals surface area contributed by atoms with Crippen LogP contribution in [0.4, 0.5) is 0 Å². The molecule has 2 aliphatic heterocycles. The van der Waals surface area contributed by atoms with Crippen LogP contribution in [0.15, 0.2) is 143 Å². The average Bonchev–Trinajstić information content (AvgIpc) is 3.92. The molecule has 4 bridgehead atoms. The van der Waals surface area contributed by atoms with Crippen LogP contribution in [0.5, 0.6) is 0 Å². The standard InChI is InChI=1S/C46H38N2O2/c1-3-7-33(8-4-1)39-21-19-37(29-43(39)45-47-23-25-49-45)41-27-31-11-15-35(41)17-13-32-12-16-36(18-14-31)42(28-32)38-20-22-40(34-9-5-2-6-10-34)44(30-38)46-48-24-26-50-46/h1-12,15-16,19-22,27-30H,13-14,17-18,23-26H2. The molecule has 0 fully saturated rings. The Hall–Kier alpha value is -5.74. The first-order valence-electron chi connectivity index (χ1n) is 17.8. The third-order valence-electron chi connectivity index (χ3n) is 10.2. The summed E-state index contributed by atoms with van der Waals surface area (Å²) in [7, 11) is 0.